The molecule has 3 rings (SSSR count). The van der Waals surface area contributed by atoms with Gasteiger partial charge in [0.15, 0.2) is 0 Å². The Morgan fingerprint density at radius 3 is 2.90 bits per heavy atom. The maximum Gasteiger partial charge on any atom is 0.143 e. The Bertz CT molecular complexity index is 468. The van der Waals surface area contributed by atoms with Gasteiger partial charge in [-0.2, -0.15) is 0 Å². The fourth-order valence-electron chi connectivity index (χ4n) is 3.49. The first-order valence-electron chi connectivity index (χ1n) is 8.58. The number of rotatable bonds is 4. The van der Waals surface area contributed by atoms with E-state index in [1.165, 1.54) is 37.1 Å². The minimum absolute atomic E-state index is 0.336. The summed E-state index contributed by atoms with van der Waals surface area (Å²) >= 11 is 0. The lowest BCUT2D eigenvalue weighted by atomic mass is 9.97. The van der Waals surface area contributed by atoms with Gasteiger partial charge in [-0.25, -0.2) is 0 Å². The van der Waals surface area contributed by atoms with E-state index >= 15 is 0 Å². The zero-order valence-corrected chi connectivity index (χ0v) is 13.4. The van der Waals surface area contributed by atoms with Gasteiger partial charge in [-0.3, -0.25) is 0 Å². The predicted octanol–water partition coefficient (Wildman–Crippen LogP) is 3.37. The van der Waals surface area contributed by atoms with Gasteiger partial charge >= 0.3 is 0 Å². The fourth-order valence-corrected chi connectivity index (χ4v) is 3.49. The molecule has 2 atom stereocenters. The molecule has 2 aliphatic heterocycles. The third kappa shape index (κ3) is 3.34. The van der Waals surface area contributed by atoms with Gasteiger partial charge in [0.25, 0.3) is 0 Å². The molecule has 0 aromatic heterocycles. The van der Waals surface area contributed by atoms with Crippen LogP contribution in [0.1, 0.15) is 45.1 Å². The van der Waals surface area contributed by atoms with Crippen molar-refractivity contribution in [3.05, 3.63) is 23.8 Å². The summed E-state index contributed by atoms with van der Waals surface area (Å²) in [6.45, 7) is 7.69. The molecule has 2 unspecified atom stereocenters. The number of nitrogens with one attached hydrogen (secondary N) is 1. The summed E-state index contributed by atoms with van der Waals surface area (Å²) in [6, 6.07) is 7.43. The highest BCUT2D eigenvalue weighted by atomic mass is 16.5. The second-order valence-electron chi connectivity index (χ2n) is 6.34. The SMILES string of the molecule is CCC1CN(CC)c2cc(CC3CCCCN3)ccc2O1. The molecule has 0 bridgehead atoms. The minimum atomic E-state index is 0.336. The summed E-state index contributed by atoms with van der Waals surface area (Å²) in [5.41, 5.74) is 2.72. The van der Waals surface area contributed by atoms with Gasteiger partial charge < -0.3 is 15.0 Å². The molecule has 2 heterocycles. The van der Waals surface area contributed by atoms with Crippen molar-refractivity contribution in [1.82, 2.24) is 5.32 Å². The van der Waals surface area contributed by atoms with Gasteiger partial charge in [0.05, 0.1) is 12.2 Å². The molecule has 0 aliphatic carbocycles. The molecule has 1 N–H and O–H groups in total. The number of anilines is 1. The third-order valence-corrected chi connectivity index (χ3v) is 4.81. The van der Waals surface area contributed by atoms with E-state index in [1.54, 1.807) is 0 Å². The molecule has 116 valence electrons. The molecule has 1 aromatic rings. The molecule has 0 radical (unpaired) electrons. The van der Waals surface area contributed by atoms with Gasteiger partial charge in [-0.05, 0) is 56.8 Å². The summed E-state index contributed by atoms with van der Waals surface area (Å²) < 4.78 is 6.10. The molecule has 3 nitrogen and oxygen atoms in total. The standard InChI is InChI=1S/C18H28N2O/c1-3-16-13-20(4-2)17-12-14(8-9-18(17)21-16)11-15-7-5-6-10-19-15/h8-9,12,15-16,19H,3-7,10-11,13H2,1-2H3. The lowest BCUT2D eigenvalue weighted by Crippen LogP contribution is -2.39. The Balaban J connectivity index is 1.76. The van der Waals surface area contributed by atoms with Crippen molar-refractivity contribution >= 4 is 5.69 Å². The van der Waals surface area contributed by atoms with Crippen LogP contribution in [0.3, 0.4) is 0 Å². The van der Waals surface area contributed by atoms with Gasteiger partial charge in [0, 0.05) is 12.6 Å². The quantitative estimate of drug-likeness (QED) is 0.919. The summed E-state index contributed by atoms with van der Waals surface area (Å²) in [7, 11) is 0. The normalized spacial score (nSPS) is 25.3. The highest BCUT2D eigenvalue weighted by Crippen LogP contribution is 2.35. The molecule has 3 heteroatoms. The monoisotopic (exact) mass is 288 g/mol. The zero-order chi connectivity index (χ0) is 14.7. The van der Waals surface area contributed by atoms with E-state index in [0.717, 1.165) is 31.7 Å². The van der Waals surface area contributed by atoms with Crippen molar-refractivity contribution < 1.29 is 4.74 Å². The minimum Gasteiger partial charge on any atom is -0.486 e. The second-order valence-corrected chi connectivity index (χ2v) is 6.34. The smallest absolute Gasteiger partial charge is 0.143 e. The number of piperidine rings is 1. The molecule has 1 fully saturated rings. The Morgan fingerprint density at radius 2 is 2.19 bits per heavy atom. The number of hydrogen-bond acceptors (Lipinski definition) is 3. The Labute approximate surface area is 128 Å². The highest BCUT2D eigenvalue weighted by molar-refractivity contribution is 5.61. The molecular weight excluding hydrogens is 260 g/mol. The van der Waals surface area contributed by atoms with Crippen LogP contribution < -0.4 is 15.0 Å². The molecule has 0 amide bonds. The lowest BCUT2D eigenvalue weighted by molar-refractivity contribution is 0.189. The summed E-state index contributed by atoms with van der Waals surface area (Å²) in [5.74, 6) is 1.07. The van der Waals surface area contributed by atoms with Crippen molar-refractivity contribution in [3.8, 4) is 5.75 Å². The summed E-state index contributed by atoms with van der Waals surface area (Å²) in [6.07, 6.45) is 6.55. The van der Waals surface area contributed by atoms with E-state index in [-0.39, 0.29) is 0 Å². The van der Waals surface area contributed by atoms with Crippen molar-refractivity contribution in [2.75, 3.05) is 24.5 Å². The molecular formula is C18H28N2O. The molecule has 0 saturated carbocycles. The van der Waals surface area contributed by atoms with E-state index in [9.17, 15) is 0 Å². The first kappa shape index (κ1) is 14.7. The van der Waals surface area contributed by atoms with Crippen LogP contribution in [0.2, 0.25) is 0 Å². The Morgan fingerprint density at radius 1 is 1.29 bits per heavy atom. The van der Waals surface area contributed by atoms with Crippen LogP contribution in [-0.2, 0) is 6.42 Å². The molecule has 21 heavy (non-hydrogen) atoms. The number of likely N-dealkylation sites (N-methyl/N-ethyl adjacent to an activating group) is 1. The van der Waals surface area contributed by atoms with Crippen molar-refractivity contribution in [2.24, 2.45) is 0 Å². The van der Waals surface area contributed by atoms with Crippen molar-refractivity contribution in [2.45, 2.75) is 58.1 Å². The first-order valence-corrected chi connectivity index (χ1v) is 8.58. The van der Waals surface area contributed by atoms with E-state index in [2.05, 4.69) is 42.3 Å². The molecule has 1 aromatic carbocycles. The topological polar surface area (TPSA) is 24.5 Å². The van der Waals surface area contributed by atoms with E-state index < -0.39 is 0 Å². The van der Waals surface area contributed by atoms with Crippen LogP contribution in [0.15, 0.2) is 18.2 Å². The fraction of sp³-hybridized carbons (Fsp3) is 0.667. The maximum absolute atomic E-state index is 6.10. The average Bonchev–Trinajstić information content (AvgIpc) is 2.54. The lowest BCUT2D eigenvalue weighted by Gasteiger charge is -2.36. The van der Waals surface area contributed by atoms with Gasteiger partial charge in [-0.1, -0.05) is 19.4 Å². The van der Waals surface area contributed by atoms with Crippen molar-refractivity contribution in [1.29, 1.82) is 0 Å². The zero-order valence-electron chi connectivity index (χ0n) is 13.4. The Hall–Kier alpha value is -1.22. The number of benzene rings is 1. The van der Waals surface area contributed by atoms with E-state index in [1.807, 2.05) is 0 Å². The number of nitrogens with zero attached hydrogens (tertiary/aromatic N) is 1. The predicted molar refractivity (Wildman–Crippen MR) is 88.4 cm³/mol. The van der Waals surface area contributed by atoms with Crippen LogP contribution in [0, 0.1) is 0 Å². The molecule has 0 spiro atoms. The van der Waals surface area contributed by atoms with Crippen molar-refractivity contribution in [3.63, 3.8) is 0 Å². The largest absolute Gasteiger partial charge is 0.486 e. The van der Waals surface area contributed by atoms with Crippen LogP contribution in [0.5, 0.6) is 5.75 Å². The van der Waals surface area contributed by atoms with E-state index in [0.29, 0.717) is 12.1 Å². The van der Waals surface area contributed by atoms with Gasteiger partial charge in [0.1, 0.15) is 11.9 Å². The van der Waals surface area contributed by atoms with Gasteiger partial charge in [0.2, 0.25) is 0 Å². The number of ether oxygens (including phenoxy) is 1. The van der Waals surface area contributed by atoms with E-state index in [4.69, 9.17) is 4.74 Å². The third-order valence-electron chi connectivity index (χ3n) is 4.81. The molecule has 2 aliphatic rings. The number of hydrogen-bond donors (Lipinski definition) is 1. The average molecular weight is 288 g/mol. The first-order chi connectivity index (χ1) is 10.3. The maximum atomic E-state index is 6.10. The summed E-state index contributed by atoms with van der Waals surface area (Å²) in [5, 5.41) is 3.64. The Kier molecular flexibility index (Phi) is 4.69. The highest BCUT2D eigenvalue weighted by Gasteiger charge is 2.24. The summed E-state index contributed by atoms with van der Waals surface area (Å²) in [4.78, 5) is 2.46. The van der Waals surface area contributed by atoms with Gasteiger partial charge in [-0.15, -0.1) is 0 Å². The van der Waals surface area contributed by atoms with Crippen LogP contribution >= 0.6 is 0 Å². The number of fused-ring (bicyclic) bond motifs is 1. The van der Waals surface area contributed by atoms with Crippen LogP contribution in [0.25, 0.3) is 0 Å². The second kappa shape index (κ2) is 6.69. The van der Waals surface area contributed by atoms with Crippen LogP contribution in [-0.4, -0.2) is 31.8 Å². The van der Waals surface area contributed by atoms with Crippen LogP contribution in [0.4, 0.5) is 5.69 Å². The molecule has 1 saturated heterocycles.